The van der Waals surface area contributed by atoms with E-state index >= 15 is 0 Å². The normalized spacial score (nSPS) is 11.4. The van der Waals surface area contributed by atoms with E-state index in [9.17, 15) is 18.0 Å². The summed E-state index contributed by atoms with van der Waals surface area (Å²) >= 11 is 8.12. The van der Waals surface area contributed by atoms with Crippen molar-refractivity contribution in [2.45, 2.75) is 6.18 Å². The summed E-state index contributed by atoms with van der Waals surface area (Å²) in [6, 6.07) is 0.854. The maximum absolute atomic E-state index is 12.4. The number of nitrogens with zero attached hydrogens (tertiary/aromatic N) is 1. The zero-order chi connectivity index (χ0) is 12.5. The first-order chi connectivity index (χ1) is 7.27. The second-order valence-electron chi connectivity index (χ2n) is 2.65. The summed E-state index contributed by atoms with van der Waals surface area (Å²) < 4.78 is 41.2. The van der Waals surface area contributed by atoms with E-state index in [1.54, 1.807) is 0 Å². The topological polar surface area (TPSA) is 39.2 Å². The van der Waals surface area contributed by atoms with Crippen LogP contribution in [0.25, 0.3) is 0 Å². The molecular weight excluding hydrogens is 314 g/mol. The monoisotopic (exact) mass is 317 g/mol. The minimum absolute atomic E-state index is 0.166. The van der Waals surface area contributed by atoms with Crippen LogP contribution in [0.15, 0.2) is 10.7 Å². The van der Waals surface area contributed by atoms with Crippen molar-refractivity contribution in [3.8, 4) is 0 Å². The third-order valence-electron chi connectivity index (χ3n) is 1.60. The number of hydrogen-bond donors (Lipinski definition) is 0. The Morgan fingerprint density at radius 1 is 1.56 bits per heavy atom. The van der Waals surface area contributed by atoms with Crippen LogP contribution in [0.3, 0.4) is 0 Å². The molecule has 0 aliphatic rings. The Morgan fingerprint density at radius 3 is 2.56 bits per heavy atom. The van der Waals surface area contributed by atoms with Crippen molar-refractivity contribution >= 4 is 33.5 Å². The van der Waals surface area contributed by atoms with E-state index in [4.69, 9.17) is 11.6 Å². The summed E-state index contributed by atoms with van der Waals surface area (Å²) in [7, 11) is 1.10. The summed E-state index contributed by atoms with van der Waals surface area (Å²) in [6.07, 6.45) is -4.67. The highest BCUT2D eigenvalue weighted by Crippen LogP contribution is 2.35. The molecule has 0 bridgehead atoms. The van der Waals surface area contributed by atoms with Gasteiger partial charge in [0.15, 0.2) is 5.69 Å². The molecule has 0 unspecified atom stereocenters. The molecule has 8 heteroatoms. The molecule has 1 aromatic rings. The van der Waals surface area contributed by atoms with Gasteiger partial charge in [0, 0.05) is 0 Å². The van der Waals surface area contributed by atoms with E-state index in [2.05, 4.69) is 25.7 Å². The summed E-state index contributed by atoms with van der Waals surface area (Å²) in [5.74, 6) is -0.824. The number of aromatic nitrogens is 1. The third-order valence-corrected chi connectivity index (χ3v) is 2.50. The number of esters is 1. The van der Waals surface area contributed by atoms with Gasteiger partial charge in [0.2, 0.25) is 0 Å². The van der Waals surface area contributed by atoms with E-state index in [0.29, 0.717) is 0 Å². The van der Waals surface area contributed by atoms with Crippen molar-refractivity contribution < 1.29 is 22.7 Å². The van der Waals surface area contributed by atoms with Crippen molar-refractivity contribution in [1.82, 2.24) is 4.98 Å². The first kappa shape index (κ1) is 13.2. The molecule has 88 valence electrons. The van der Waals surface area contributed by atoms with Gasteiger partial charge in [0.25, 0.3) is 0 Å². The van der Waals surface area contributed by atoms with Crippen LogP contribution in [0.1, 0.15) is 16.1 Å². The number of alkyl halides is 3. The fourth-order valence-corrected chi connectivity index (χ4v) is 1.63. The molecule has 0 saturated heterocycles. The largest absolute Gasteiger partial charge is 0.465 e. The van der Waals surface area contributed by atoms with E-state index in [0.717, 1.165) is 13.2 Å². The molecule has 0 aliphatic carbocycles. The number of pyridine rings is 1. The number of halogens is 5. The van der Waals surface area contributed by atoms with Gasteiger partial charge in [-0.15, -0.1) is 0 Å². The lowest BCUT2D eigenvalue weighted by Gasteiger charge is -2.10. The van der Waals surface area contributed by atoms with Crippen LogP contribution in [0, 0.1) is 0 Å². The van der Waals surface area contributed by atoms with Crippen molar-refractivity contribution in [3.63, 3.8) is 0 Å². The number of carbonyl (C=O) groups excluding carboxylic acids is 1. The molecule has 0 N–H and O–H groups in total. The summed E-state index contributed by atoms with van der Waals surface area (Å²) in [6.45, 7) is 0. The smallest absolute Gasteiger partial charge is 0.434 e. The minimum atomic E-state index is -4.67. The molecule has 1 aromatic heterocycles. The highest BCUT2D eigenvalue weighted by molar-refractivity contribution is 9.10. The van der Waals surface area contributed by atoms with Gasteiger partial charge in [-0.1, -0.05) is 11.6 Å². The van der Waals surface area contributed by atoms with E-state index in [1.165, 1.54) is 0 Å². The maximum Gasteiger partial charge on any atom is 0.434 e. The van der Waals surface area contributed by atoms with Crippen LogP contribution in [0.2, 0.25) is 5.02 Å². The van der Waals surface area contributed by atoms with Gasteiger partial charge in [0.05, 0.1) is 17.7 Å². The zero-order valence-corrected chi connectivity index (χ0v) is 10.1. The summed E-state index contributed by atoms with van der Waals surface area (Å²) in [4.78, 5) is 14.3. The fourth-order valence-electron chi connectivity index (χ4n) is 0.918. The molecule has 0 aromatic carbocycles. The molecule has 0 amide bonds. The fraction of sp³-hybridized carbons (Fsp3) is 0.250. The predicted molar refractivity (Wildman–Crippen MR) is 53.3 cm³/mol. The average Bonchev–Trinajstić information content (AvgIpc) is 2.18. The summed E-state index contributed by atoms with van der Waals surface area (Å²) in [5.41, 5.74) is -1.42. The highest BCUT2D eigenvalue weighted by atomic mass is 79.9. The van der Waals surface area contributed by atoms with Crippen LogP contribution in [0.5, 0.6) is 0 Å². The number of methoxy groups -OCH3 is 1. The van der Waals surface area contributed by atoms with Crippen LogP contribution in [-0.4, -0.2) is 18.1 Å². The number of carbonyl (C=O) groups is 1. The zero-order valence-electron chi connectivity index (χ0n) is 7.73. The van der Waals surface area contributed by atoms with Crippen LogP contribution >= 0.6 is 27.5 Å². The molecule has 0 spiro atoms. The van der Waals surface area contributed by atoms with Crippen LogP contribution in [-0.2, 0) is 10.9 Å². The number of hydrogen-bond acceptors (Lipinski definition) is 3. The predicted octanol–water partition coefficient (Wildman–Crippen LogP) is 3.30. The lowest BCUT2D eigenvalue weighted by molar-refractivity contribution is -0.141. The molecule has 0 fully saturated rings. The first-order valence-electron chi connectivity index (χ1n) is 3.79. The van der Waals surface area contributed by atoms with Crippen LogP contribution < -0.4 is 0 Å². The number of ether oxygens (including phenoxy) is 1. The van der Waals surface area contributed by atoms with Gasteiger partial charge < -0.3 is 4.74 Å². The van der Waals surface area contributed by atoms with Gasteiger partial charge in [-0.05, 0) is 22.0 Å². The molecule has 16 heavy (non-hydrogen) atoms. The molecule has 1 rings (SSSR count). The Labute approximate surface area is 102 Å². The highest BCUT2D eigenvalue weighted by Gasteiger charge is 2.36. The van der Waals surface area contributed by atoms with E-state index in [1.807, 2.05) is 0 Å². The minimum Gasteiger partial charge on any atom is -0.465 e. The van der Waals surface area contributed by atoms with Gasteiger partial charge in [0.1, 0.15) is 4.60 Å². The Hall–Kier alpha value is -0.820. The van der Waals surface area contributed by atoms with E-state index < -0.39 is 22.9 Å². The SMILES string of the molecule is COC(=O)c1cc(Cl)c(C(F)(F)F)nc1Br. The van der Waals surface area contributed by atoms with E-state index in [-0.39, 0.29) is 10.2 Å². The van der Waals surface area contributed by atoms with Gasteiger partial charge in [-0.2, -0.15) is 13.2 Å². The van der Waals surface area contributed by atoms with Gasteiger partial charge in [-0.25, -0.2) is 9.78 Å². The van der Waals surface area contributed by atoms with Crippen molar-refractivity contribution in [2.75, 3.05) is 7.11 Å². The molecule has 0 saturated carbocycles. The second kappa shape index (κ2) is 4.58. The molecule has 0 aliphatic heterocycles. The lowest BCUT2D eigenvalue weighted by atomic mass is 10.2. The Morgan fingerprint density at radius 2 is 2.12 bits per heavy atom. The third kappa shape index (κ3) is 2.65. The van der Waals surface area contributed by atoms with Crippen molar-refractivity contribution in [2.24, 2.45) is 0 Å². The molecule has 0 radical (unpaired) electrons. The number of rotatable bonds is 1. The molecule has 0 atom stereocenters. The Balaban J connectivity index is 3.33. The van der Waals surface area contributed by atoms with Crippen molar-refractivity contribution in [1.29, 1.82) is 0 Å². The summed E-state index contributed by atoms with van der Waals surface area (Å²) in [5, 5.41) is -0.656. The van der Waals surface area contributed by atoms with Crippen molar-refractivity contribution in [3.05, 3.63) is 26.9 Å². The quantitative estimate of drug-likeness (QED) is 0.589. The molecule has 1 heterocycles. The van der Waals surface area contributed by atoms with Gasteiger partial charge in [-0.3, -0.25) is 0 Å². The Kier molecular flexibility index (Phi) is 3.80. The second-order valence-corrected chi connectivity index (χ2v) is 3.80. The standard InChI is InChI=1S/C8H4BrClF3NO2/c1-16-7(15)3-2-4(10)5(8(11,12)13)14-6(3)9/h2H,1H3. The molecule has 3 nitrogen and oxygen atoms in total. The van der Waals surface area contributed by atoms with Crippen LogP contribution in [0.4, 0.5) is 13.2 Å². The molecular formula is C8H4BrClF3NO2. The maximum atomic E-state index is 12.4. The first-order valence-corrected chi connectivity index (χ1v) is 4.96. The van der Waals surface area contributed by atoms with Gasteiger partial charge >= 0.3 is 12.1 Å². The average molecular weight is 318 g/mol. The Bertz CT molecular complexity index is 436. The lowest BCUT2D eigenvalue weighted by Crippen LogP contribution is -2.12.